The normalized spacial score (nSPS) is 10.5. The molecule has 0 bridgehead atoms. The number of aryl methyl sites for hydroxylation is 2. The minimum Gasteiger partial charge on any atom is -0.544 e. The van der Waals surface area contributed by atoms with Gasteiger partial charge in [0.1, 0.15) is 5.75 Å². The number of rotatable bonds is 2. The van der Waals surface area contributed by atoms with Crippen molar-refractivity contribution in [2.75, 3.05) is 0 Å². The van der Waals surface area contributed by atoms with Crippen molar-refractivity contribution in [1.29, 1.82) is 0 Å². The summed E-state index contributed by atoms with van der Waals surface area (Å²) in [6, 6.07) is 16.3. The molecule has 2 rings (SSSR count). The summed E-state index contributed by atoms with van der Waals surface area (Å²) in [7, 11) is -1.43. The molecule has 0 radical (unpaired) electrons. The third-order valence-electron chi connectivity index (χ3n) is 2.66. The number of halogens is 1. The highest BCUT2D eigenvalue weighted by molar-refractivity contribution is 9.10. The van der Waals surface area contributed by atoms with E-state index >= 15 is 0 Å². The van der Waals surface area contributed by atoms with E-state index in [1.54, 1.807) is 0 Å². The van der Waals surface area contributed by atoms with Crippen molar-refractivity contribution in [1.82, 2.24) is 0 Å². The highest BCUT2D eigenvalue weighted by Crippen LogP contribution is 2.19. The number of benzene rings is 2. The molecule has 3 heteroatoms. The lowest BCUT2D eigenvalue weighted by atomic mass is 10.1. The summed E-state index contributed by atoms with van der Waals surface area (Å²) in [5, 5.41) is 0. The van der Waals surface area contributed by atoms with Gasteiger partial charge < -0.3 is 4.43 Å². The lowest BCUT2D eigenvalue weighted by Crippen LogP contribution is -2.29. The molecule has 2 aromatic carbocycles. The van der Waals surface area contributed by atoms with E-state index in [0.717, 1.165) is 10.2 Å². The Morgan fingerprint density at radius 3 is 1.60 bits per heavy atom. The monoisotopic (exact) mass is 350 g/mol. The Kier molecular flexibility index (Phi) is 6.50. The van der Waals surface area contributed by atoms with Crippen LogP contribution in [0.15, 0.2) is 53.0 Å². The fourth-order valence-corrected chi connectivity index (χ4v) is 2.63. The van der Waals surface area contributed by atoms with E-state index in [2.05, 4.69) is 73.7 Å². The van der Waals surface area contributed by atoms with Gasteiger partial charge in [0, 0.05) is 4.47 Å². The smallest absolute Gasteiger partial charge is 0.242 e. The maximum absolute atomic E-state index is 5.77. The van der Waals surface area contributed by atoms with E-state index in [1.807, 2.05) is 24.3 Å². The summed E-state index contributed by atoms with van der Waals surface area (Å²) in [4.78, 5) is 0. The quantitative estimate of drug-likeness (QED) is 0.606. The Morgan fingerprint density at radius 1 is 0.800 bits per heavy atom. The van der Waals surface area contributed by atoms with E-state index in [9.17, 15) is 0 Å². The first kappa shape index (κ1) is 17.0. The van der Waals surface area contributed by atoms with Crippen molar-refractivity contribution in [3.8, 4) is 5.75 Å². The molecule has 0 unspecified atom stereocenters. The first-order chi connectivity index (χ1) is 9.28. The number of hydrogen-bond donors (Lipinski definition) is 0. The standard InChI is InChI=1S/C9H13BrOSi.C8H10/c1-12(2,3)11-9-6-4-8(10)5-7-9;1-7-5-3-4-6-8(7)2/h4-7H,1-3H3;3-6H,1-2H3. The van der Waals surface area contributed by atoms with Crippen molar-refractivity contribution in [3.63, 3.8) is 0 Å². The molecular formula is C17H23BrOSi. The third-order valence-corrected chi connectivity index (χ3v) is 4.04. The van der Waals surface area contributed by atoms with Gasteiger partial charge in [-0.15, -0.1) is 0 Å². The van der Waals surface area contributed by atoms with Gasteiger partial charge in [0.2, 0.25) is 8.32 Å². The molecule has 0 atom stereocenters. The zero-order chi connectivity index (χ0) is 15.2. The van der Waals surface area contributed by atoms with Crippen molar-refractivity contribution in [3.05, 3.63) is 64.1 Å². The van der Waals surface area contributed by atoms with Gasteiger partial charge in [-0.2, -0.15) is 0 Å². The van der Waals surface area contributed by atoms with Crippen molar-refractivity contribution in [2.45, 2.75) is 33.5 Å². The summed E-state index contributed by atoms with van der Waals surface area (Å²) in [5.74, 6) is 0.970. The van der Waals surface area contributed by atoms with Gasteiger partial charge in [-0.05, 0) is 68.9 Å². The third kappa shape index (κ3) is 6.92. The predicted octanol–water partition coefficient (Wildman–Crippen LogP) is 5.97. The van der Waals surface area contributed by atoms with Gasteiger partial charge in [-0.1, -0.05) is 40.2 Å². The van der Waals surface area contributed by atoms with Crippen LogP contribution in [0.1, 0.15) is 11.1 Å². The molecule has 0 aliphatic carbocycles. The average molecular weight is 351 g/mol. The molecule has 0 aliphatic heterocycles. The van der Waals surface area contributed by atoms with Gasteiger partial charge in [-0.3, -0.25) is 0 Å². The second kappa shape index (κ2) is 7.65. The molecule has 0 aromatic heterocycles. The van der Waals surface area contributed by atoms with E-state index in [1.165, 1.54) is 11.1 Å². The summed E-state index contributed by atoms with van der Waals surface area (Å²) in [6.07, 6.45) is 0. The molecule has 0 heterocycles. The fraction of sp³-hybridized carbons (Fsp3) is 0.294. The van der Waals surface area contributed by atoms with E-state index in [0.29, 0.717) is 0 Å². The molecule has 1 nitrogen and oxygen atoms in total. The zero-order valence-electron chi connectivity index (χ0n) is 12.9. The molecule has 0 saturated heterocycles. The Hall–Kier alpha value is -1.06. The molecular weight excluding hydrogens is 328 g/mol. The maximum atomic E-state index is 5.77. The van der Waals surface area contributed by atoms with Crippen LogP contribution in [0.5, 0.6) is 5.75 Å². The van der Waals surface area contributed by atoms with Gasteiger partial charge >= 0.3 is 0 Å². The summed E-state index contributed by atoms with van der Waals surface area (Å²) in [6.45, 7) is 10.8. The Bertz CT molecular complexity index is 508. The van der Waals surface area contributed by atoms with Crippen LogP contribution in [0.4, 0.5) is 0 Å². The van der Waals surface area contributed by atoms with Gasteiger partial charge in [0.05, 0.1) is 0 Å². The average Bonchev–Trinajstić information content (AvgIpc) is 2.35. The first-order valence-electron chi connectivity index (χ1n) is 6.75. The highest BCUT2D eigenvalue weighted by Gasteiger charge is 2.15. The van der Waals surface area contributed by atoms with Crippen LogP contribution in [0, 0.1) is 13.8 Å². The molecule has 0 spiro atoms. The second-order valence-electron chi connectivity index (χ2n) is 5.75. The van der Waals surface area contributed by atoms with E-state index in [-0.39, 0.29) is 0 Å². The summed E-state index contributed by atoms with van der Waals surface area (Å²) < 4.78 is 6.86. The second-order valence-corrected chi connectivity index (χ2v) is 11.1. The molecule has 0 N–H and O–H groups in total. The highest BCUT2D eigenvalue weighted by atomic mass is 79.9. The van der Waals surface area contributed by atoms with Crippen LogP contribution < -0.4 is 4.43 Å². The molecule has 0 amide bonds. The molecule has 0 saturated carbocycles. The molecule has 2 aromatic rings. The van der Waals surface area contributed by atoms with Crippen LogP contribution in [-0.2, 0) is 0 Å². The lowest BCUT2D eigenvalue weighted by molar-refractivity contribution is 0.557. The SMILES string of the molecule is C[Si](C)(C)Oc1ccc(Br)cc1.Cc1ccccc1C. The zero-order valence-corrected chi connectivity index (χ0v) is 15.5. The lowest BCUT2D eigenvalue weighted by Gasteiger charge is -2.18. The van der Waals surface area contributed by atoms with Crippen LogP contribution in [0.3, 0.4) is 0 Å². The molecule has 20 heavy (non-hydrogen) atoms. The predicted molar refractivity (Wildman–Crippen MR) is 94.0 cm³/mol. The summed E-state index contributed by atoms with van der Waals surface area (Å²) in [5.41, 5.74) is 2.74. The topological polar surface area (TPSA) is 9.23 Å². The first-order valence-corrected chi connectivity index (χ1v) is 10.9. The Balaban J connectivity index is 0.000000217. The minimum absolute atomic E-state index is 0.970. The van der Waals surface area contributed by atoms with Crippen LogP contribution in [-0.4, -0.2) is 8.32 Å². The van der Waals surface area contributed by atoms with Crippen LogP contribution >= 0.6 is 15.9 Å². The molecule has 0 aliphatic rings. The van der Waals surface area contributed by atoms with E-state index < -0.39 is 8.32 Å². The van der Waals surface area contributed by atoms with Crippen LogP contribution in [0.2, 0.25) is 19.6 Å². The van der Waals surface area contributed by atoms with Gasteiger partial charge in [0.15, 0.2) is 0 Å². The number of hydrogen-bond acceptors (Lipinski definition) is 1. The minimum atomic E-state index is -1.43. The Morgan fingerprint density at radius 2 is 1.25 bits per heavy atom. The van der Waals surface area contributed by atoms with Crippen LogP contribution in [0.25, 0.3) is 0 Å². The van der Waals surface area contributed by atoms with Gasteiger partial charge in [-0.25, -0.2) is 0 Å². The van der Waals surface area contributed by atoms with E-state index in [4.69, 9.17) is 4.43 Å². The fourth-order valence-electron chi connectivity index (χ4n) is 1.52. The van der Waals surface area contributed by atoms with Crippen molar-refractivity contribution >= 4 is 24.2 Å². The largest absolute Gasteiger partial charge is 0.544 e. The molecule has 0 fully saturated rings. The molecule has 108 valence electrons. The van der Waals surface area contributed by atoms with Crippen molar-refractivity contribution in [2.24, 2.45) is 0 Å². The maximum Gasteiger partial charge on any atom is 0.242 e. The summed E-state index contributed by atoms with van der Waals surface area (Å²) >= 11 is 3.38. The van der Waals surface area contributed by atoms with Gasteiger partial charge in [0.25, 0.3) is 0 Å². The Labute approximate surface area is 132 Å². The van der Waals surface area contributed by atoms with Crippen molar-refractivity contribution < 1.29 is 4.43 Å².